The van der Waals surface area contributed by atoms with Crippen LogP contribution in [0.1, 0.15) is 18.4 Å². The van der Waals surface area contributed by atoms with E-state index in [0.29, 0.717) is 6.04 Å². The quantitative estimate of drug-likeness (QED) is 0.656. The molecule has 1 aromatic rings. The Labute approximate surface area is 127 Å². The molecule has 2 fully saturated rings. The van der Waals surface area contributed by atoms with E-state index in [1.807, 2.05) is 14.1 Å². The zero-order valence-corrected chi connectivity index (χ0v) is 13.0. The molecule has 1 saturated heterocycles. The van der Waals surface area contributed by atoms with Crippen LogP contribution < -0.4 is 10.6 Å². The second kappa shape index (κ2) is 6.48. The van der Waals surface area contributed by atoms with Crippen LogP contribution in [-0.2, 0) is 6.54 Å². The first kappa shape index (κ1) is 14.4. The van der Waals surface area contributed by atoms with Crippen molar-refractivity contribution in [1.82, 2.24) is 15.5 Å². The topological polar surface area (TPSA) is 39.7 Å². The van der Waals surface area contributed by atoms with Crippen LogP contribution in [0.4, 0.5) is 0 Å². The van der Waals surface area contributed by atoms with E-state index in [-0.39, 0.29) is 0 Å². The predicted octanol–water partition coefficient (Wildman–Crippen LogP) is 1.69. The van der Waals surface area contributed by atoms with Crippen molar-refractivity contribution in [1.29, 1.82) is 0 Å². The number of nitrogens with one attached hydrogen (secondary N) is 2. The highest BCUT2D eigenvalue weighted by atomic mass is 15.2. The Morgan fingerprint density at radius 2 is 2.05 bits per heavy atom. The second-order valence-corrected chi connectivity index (χ2v) is 6.25. The molecule has 3 unspecified atom stereocenters. The standard InChI is InChI=1S/C17H26N4/c1-18-17(19-2)20-16-9-8-14-11-21(12-15(14)16)10-13-6-4-3-5-7-13/h3-7,14-16H,8-12H2,1-2H3,(H2,18,19,20). The van der Waals surface area contributed by atoms with E-state index in [9.17, 15) is 0 Å². The first-order valence-corrected chi connectivity index (χ1v) is 7.97. The van der Waals surface area contributed by atoms with Gasteiger partial charge in [0.15, 0.2) is 5.96 Å². The molecular formula is C17H26N4. The molecule has 1 saturated carbocycles. The summed E-state index contributed by atoms with van der Waals surface area (Å²) in [5.74, 6) is 2.53. The highest BCUT2D eigenvalue weighted by Crippen LogP contribution is 2.38. The first-order chi connectivity index (χ1) is 10.3. The van der Waals surface area contributed by atoms with Crippen LogP contribution in [0.2, 0.25) is 0 Å². The number of fused-ring (bicyclic) bond motifs is 1. The molecule has 114 valence electrons. The van der Waals surface area contributed by atoms with Gasteiger partial charge in [0.25, 0.3) is 0 Å². The van der Waals surface area contributed by atoms with Gasteiger partial charge in [0.05, 0.1) is 0 Å². The molecule has 3 rings (SSSR count). The molecule has 2 aliphatic rings. The summed E-state index contributed by atoms with van der Waals surface area (Å²) in [7, 11) is 3.76. The Bertz CT molecular complexity index is 485. The fourth-order valence-corrected chi connectivity index (χ4v) is 3.93. The van der Waals surface area contributed by atoms with Gasteiger partial charge in [-0.3, -0.25) is 9.89 Å². The molecule has 0 spiro atoms. The van der Waals surface area contributed by atoms with Crippen LogP contribution in [0.5, 0.6) is 0 Å². The maximum Gasteiger partial charge on any atom is 0.190 e. The average molecular weight is 286 g/mol. The summed E-state index contributed by atoms with van der Waals surface area (Å²) in [6.07, 6.45) is 2.61. The predicted molar refractivity (Wildman–Crippen MR) is 87.3 cm³/mol. The van der Waals surface area contributed by atoms with E-state index in [2.05, 4.69) is 50.9 Å². The number of rotatable bonds is 3. The van der Waals surface area contributed by atoms with Crippen LogP contribution in [0.15, 0.2) is 35.3 Å². The van der Waals surface area contributed by atoms with E-state index >= 15 is 0 Å². The molecule has 21 heavy (non-hydrogen) atoms. The Morgan fingerprint density at radius 3 is 2.76 bits per heavy atom. The van der Waals surface area contributed by atoms with Crippen molar-refractivity contribution < 1.29 is 0 Å². The summed E-state index contributed by atoms with van der Waals surface area (Å²) in [5, 5.41) is 6.72. The van der Waals surface area contributed by atoms with Gasteiger partial charge >= 0.3 is 0 Å². The molecule has 3 atom stereocenters. The zero-order chi connectivity index (χ0) is 14.7. The third kappa shape index (κ3) is 3.21. The molecule has 1 aliphatic heterocycles. The lowest BCUT2D eigenvalue weighted by Crippen LogP contribution is -2.44. The average Bonchev–Trinajstić information content (AvgIpc) is 3.06. The number of guanidine groups is 1. The molecule has 2 N–H and O–H groups in total. The van der Waals surface area contributed by atoms with Gasteiger partial charge < -0.3 is 10.6 Å². The Morgan fingerprint density at radius 1 is 1.24 bits per heavy atom. The van der Waals surface area contributed by atoms with E-state index in [1.54, 1.807) is 0 Å². The summed E-state index contributed by atoms with van der Waals surface area (Å²) in [4.78, 5) is 6.86. The van der Waals surface area contributed by atoms with Crippen molar-refractivity contribution in [2.24, 2.45) is 16.8 Å². The van der Waals surface area contributed by atoms with Crippen molar-refractivity contribution in [3.05, 3.63) is 35.9 Å². The highest BCUT2D eigenvalue weighted by Gasteiger charge is 2.42. The largest absolute Gasteiger partial charge is 0.359 e. The van der Waals surface area contributed by atoms with E-state index < -0.39 is 0 Å². The summed E-state index contributed by atoms with van der Waals surface area (Å²) < 4.78 is 0. The first-order valence-electron chi connectivity index (χ1n) is 7.97. The Kier molecular flexibility index (Phi) is 4.44. The lowest BCUT2D eigenvalue weighted by molar-refractivity contribution is 0.294. The number of hydrogen-bond acceptors (Lipinski definition) is 2. The number of benzene rings is 1. The van der Waals surface area contributed by atoms with Crippen molar-refractivity contribution in [3.8, 4) is 0 Å². The van der Waals surface area contributed by atoms with Gasteiger partial charge in [-0.2, -0.15) is 0 Å². The van der Waals surface area contributed by atoms with Crippen molar-refractivity contribution >= 4 is 5.96 Å². The molecule has 1 aliphatic carbocycles. The minimum Gasteiger partial charge on any atom is -0.359 e. The van der Waals surface area contributed by atoms with Gasteiger partial charge in [-0.1, -0.05) is 30.3 Å². The number of hydrogen-bond donors (Lipinski definition) is 2. The van der Waals surface area contributed by atoms with E-state index in [4.69, 9.17) is 0 Å². The molecule has 0 amide bonds. The minimum atomic E-state index is 0.571. The van der Waals surface area contributed by atoms with Crippen LogP contribution in [0.25, 0.3) is 0 Å². The summed E-state index contributed by atoms with van der Waals surface area (Å²) in [6, 6.07) is 11.4. The Balaban J connectivity index is 1.58. The van der Waals surface area contributed by atoms with Crippen LogP contribution >= 0.6 is 0 Å². The molecule has 4 nitrogen and oxygen atoms in total. The van der Waals surface area contributed by atoms with Crippen molar-refractivity contribution in [2.45, 2.75) is 25.4 Å². The molecule has 1 heterocycles. The van der Waals surface area contributed by atoms with Gasteiger partial charge in [-0.05, 0) is 30.2 Å². The summed E-state index contributed by atoms with van der Waals surface area (Å²) in [6.45, 7) is 3.54. The maximum atomic E-state index is 4.25. The van der Waals surface area contributed by atoms with Gasteiger partial charge in [0, 0.05) is 39.8 Å². The Hall–Kier alpha value is -1.55. The number of aliphatic imine (C=N–C) groups is 1. The third-order valence-electron chi connectivity index (χ3n) is 4.96. The molecule has 4 heteroatoms. The van der Waals surface area contributed by atoms with Gasteiger partial charge in [-0.25, -0.2) is 0 Å². The van der Waals surface area contributed by atoms with Crippen LogP contribution in [0.3, 0.4) is 0 Å². The van der Waals surface area contributed by atoms with Crippen molar-refractivity contribution in [3.63, 3.8) is 0 Å². The second-order valence-electron chi connectivity index (χ2n) is 6.25. The fraction of sp³-hybridized carbons (Fsp3) is 0.588. The third-order valence-corrected chi connectivity index (χ3v) is 4.96. The summed E-state index contributed by atoms with van der Waals surface area (Å²) in [5.41, 5.74) is 1.42. The maximum absolute atomic E-state index is 4.25. The molecule has 0 aromatic heterocycles. The number of nitrogens with zero attached hydrogens (tertiary/aromatic N) is 2. The monoisotopic (exact) mass is 286 g/mol. The van der Waals surface area contributed by atoms with Gasteiger partial charge in [-0.15, -0.1) is 0 Å². The van der Waals surface area contributed by atoms with Crippen LogP contribution in [-0.4, -0.2) is 44.1 Å². The van der Waals surface area contributed by atoms with E-state index in [1.165, 1.54) is 31.5 Å². The van der Waals surface area contributed by atoms with Crippen molar-refractivity contribution in [2.75, 3.05) is 27.2 Å². The molecule has 0 radical (unpaired) electrons. The van der Waals surface area contributed by atoms with Gasteiger partial charge in [0.1, 0.15) is 0 Å². The lowest BCUT2D eigenvalue weighted by atomic mass is 9.98. The minimum absolute atomic E-state index is 0.571. The molecular weight excluding hydrogens is 260 g/mol. The fourth-order valence-electron chi connectivity index (χ4n) is 3.93. The number of likely N-dealkylation sites (tertiary alicyclic amines) is 1. The normalized spacial score (nSPS) is 29.4. The lowest BCUT2D eigenvalue weighted by Gasteiger charge is -2.23. The smallest absolute Gasteiger partial charge is 0.190 e. The summed E-state index contributed by atoms with van der Waals surface area (Å²) >= 11 is 0. The zero-order valence-electron chi connectivity index (χ0n) is 13.0. The molecule has 1 aromatic carbocycles. The van der Waals surface area contributed by atoms with Gasteiger partial charge in [0.2, 0.25) is 0 Å². The molecule has 0 bridgehead atoms. The van der Waals surface area contributed by atoms with E-state index in [0.717, 1.165) is 24.3 Å². The SMILES string of the molecule is CN=C(NC)NC1CCC2CN(Cc3ccccc3)CC21. The van der Waals surface area contributed by atoms with Crippen LogP contribution in [0, 0.1) is 11.8 Å². The highest BCUT2D eigenvalue weighted by molar-refractivity contribution is 5.79.